The van der Waals surface area contributed by atoms with Gasteiger partial charge >= 0.3 is 6.18 Å². The Kier molecular flexibility index (Phi) is 3.87. The minimum atomic E-state index is -4.61. The van der Waals surface area contributed by atoms with Crippen LogP contribution in [0.2, 0.25) is 0 Å². The van der Waals surface area contributed by atoms with E-state index in [-0.39, 0.29) is 36.3 Å². The third-order valence-electron chi connectivity index (χ3n) is 7.20. The van der Waals surface area contributed by atoms with Gasteiger partial charge in [-0.2, -0.15) is 13.2 Å². The maximum atomic E-state index is 14.1. The van der Waals surface area contributed by atoms with E-state index in [9.17, 15) is 22.8 Å². The van der Waals surface area contributed by atoms with Crippen LogP contribution in [-0.4, -0.2) is 27.7 Å². The summed E-state index contributed by atoms with van der Waals surface area (Å²) in [5, 5.41) is 0. The number of furan rings is 1. The number of ether oxygens (including phenoxy) is 2. The molecule has 0 bridgehead atoms. The molecule has 0 aromatic carbocycles. The monoisotopic (exact) mass is 460 g/mol. The number of fused-ring (bicyclic) bond motifs is 5. The fraction of sp³-hybridized carbons (Fsp3) is 0.391. The van der Waals surface area contributed by atoms with Crippen LogP contribution in [0.25, 0.3) is 0 Å². The number of aromatic nitrogens is 1. The lowest BCUT2D eigenvalue weighted by molar-refractivity contribution is -0.153. The molecule has 1 aliphatic carbocycles. The fourth-order valence-electron chi connectivity index (χ4n) is 5.67. The number of carbonyl (C=O) groups excluding carboxylic acids is 1. The first-order valence-corrected chi connectivity index (χ1v) is 10.6. The summed E-state index contributed by atoms with van der Waals surface area (Å²) >= 11 is 0. The minimum absolute atomic E-state index is 0.0453. The largest absolute Gasteiger partial charge is 0.455 e. The molecule has 7 nitrogen and oxygen atoms in total. The van der Waals surface area contributed by atoms with Crippen molar-refractivity contribution in [1.29, 1.82) is 0 Å². The summed E-state index contributed by atoms with van der Waals surface area (Å²) in [5.74, 6) is -0.894. The molecule has 5 heterocycles. The van der Waals surface area contributed by atoms with E-state index in [0.29, 0.717) is 30.8 Å². The van der Waals surface area contributed by atoms with Crippen LogP contribution < -0.4 is 15.0 Å². The quantitative estimate of drug-likeness (QED) is 0.686. The van der Waals surface area contributed by atoms with Crippen molar-refractivity contribution in [2.24, 2.45) is 0 Å². The number of hydrogen-bond donors (Lipinski definition) is 0. The lowest BCUT2D eigenvalue weighted by Crippen LogP contribution is -2.44. The first-order valence-electron chi connectivity index (χ1n) is 10.6. The first-order chi connectivity index (χ1) is 15.7. The molecule has 1 saturated heterocycles. The van der Waals surface area contributed by atoms with Gasteiger partial charge in [0, 0.05) is 18.3 Å². The highest BCUT2D eigenvalue weighted by Gasteiger charge is 2.64. The van der Waals surface area contributed by atoms with Crippen LogP contribution in [-0.2, 0) is 29.5 Å². The summed E-state index contributed by atoms with van der Waals surface area (Å²) in [7, 11) is 0. The SMILES string of the molecule is CC12CC=CC=C1C1(CCn3c1cc1c(c3=O)OCO1)C(=O)N2Cc1ccc(C(F)(F)F)o1. The normalized spacial score (nSPS) is 27.3. The van der Waals surface area contributed by atoms with Crippen molar-refractivity contribution in [1.82, 2.24) is 9.47 Å². The molecule has 0 N–H and O–H groups in total. The number of amides is 1. The van der Waals surface area contributed by atoms with Gasteiger partial charge in [0.25, 0.3) is 5.56 Å². The van der Waals surface area contributed by atoms with Crippen LogP contribution in [0, 0.1) is 0 Å². The smallest absolute Gasteiger partial charge is 0.449 e. The molecule has 172 valence electrons. The molecule has 6 rings (SSSR count). The van der Waals surface area contributed by atoms with Crippen molar-refractivity contribution in [3.8, 4) is 11.5 Å². The molecule has 2 unspecified atom stereocenters. The summed E-state index contributed by atoms with van der Waals surface area (Å²) in [6.45, 7) is 2.04. The van der Waals surface area contributed by atoms with Crippen molar-refractivity contribution in [2.45, 2.75) is 50.0 Å². The maximum absolute atomic E-state index is 14.1. The van der Waals surface area contributed by atoms with Gasteiger partial charge in [-0.1, -0.05) is 18.2 Å². The van der Waals surface area contributed by atoms with Crippen LogP contribution in [0.15, 0.2) is 51.2 Å². The van der Waals surface area contributed by atoms with Crippen LogP contribution >= 0.6 is 0 Å². The van der Waals surface area contributed by atoms with Crippen molar-refractivity contribution in [3.63, 3.8) is 0 Å². The molecule has 4 aliphatic rings. The molecular formula is C23H19F3N2O5. The number of allylic oxidation sites excluding steroid dienone is 2. The van der Waals surface area contributed by atoms with Gasteiger partial charge in [-0.3, -0.25) is 9.59 Å². The van der Waals surface area contributed by atoms with E-state index in [0.717, 1.165) is 11.6 Å². The number of carbonyl (C=O) groups is 1. The van der Waals surface area contributed by atoms with E-state index in [2.05, 4.69) is 0 Å². The van der Waals surface area contributed by atoms with Gasteiger partial charge in [0.1, 0.15) is 11.2 Å². The Hall–Kier alpha value is -3.43. The molecule has 3 aliphatic heterocycles. The average Bonchev–Trinajstić information content (AvgIpc) is 3.52. The van der Waals surface area contributed by atoms with Gasteiger partial charge in [-0.15, -0.1) is 0 Å². The molecular weight excluding hydrogens is 441 g/mol. The predicted molar refractivity (Wildman–Crippen MR) is 108 cm³/mol. The zero-order valence-corrected chi connectivity index (χ0v) is 17.6. The molecule has 2 aromatic rings. The highest BCUT2D eigenvalue weighted by molar-refractivity contribution is 5.97. The highest BCUT2D eigenvalue weighted by Crippen LogP contribution is 2.57. The Morgan fingerprint density at radius 1 is 1.18 bits per heavy atom. The lowest BCUT2D eigenvalue weighted by atomic mass is 9.70. The van der Waals surface area contributed by atoms with Gasteiger partial charge in [0.2, 0.25) is 24.2 Å². The van der Waals surface area contributed by atoms with Crippen molar-refractivity contribution in [2.75, 3.05) is 6.79 Å². The number of nitrogens with zero attached hydrogens (tertiary/aromatic N) is 2. The first kappa shape index (κ1) is 20.2. The molecule has 10 heteroatoms. The number of rotatable bonds is 2. The molecule has 1 fully saturated rings. The summed E-state index contributed by atoms with van der Waals surface area (Å²) < 4.78 is 56.5. The Bertz CT molecular complexity index is 1320. The van der Waals surface area contributed by atoms with E-state index >= 15 is 0 Å². The topological polar surface area (TPSA) is 73.9 Å². The van der Waals surface area contributed by atoms with Crippen LogP contribution in [0.5, 0.6) is 11.5 Å². The van der Waals surface area contributed by atoms with Crippen LogP contribution in [0.4, 0.5) is 13.2 Å². The number of alkyl halides is 3. The number of likely N-dealkylation sites (tertiary alicyclic amines) is 1. The second kappa shape index (κ2) is 6.33. The van der Waals surface area contributed by atoms with E-state index in [4.69, 9.17) is 13.9 Å². The summed E-state index contributed by atoms with van der Waals surface area (Å²) in [6.07, 6.45) is 1.93. The standard InChI is InChI=1S/C23H19F3N2O5/c1-21-7-3-2-4-15(21)22(8-9-27-16(22)10-14-18(19(27)29)32-12-31-14)20(30)28(21)11-13-5-6-17(33-13)23(24,25)26/h2-6,10H,7-9,11-12H2,1H3. The van der Waals surface area contributed by atoms with Gasteiger partial charge in [-0.05, 0) is 37.5 Å². The molecule has 2 aromatic heterocycles. The molecule has 0 saturated carbocycles. The number of pyridine rings is 1. The van der Waals surface area contributed by atoms with Crippen molar-refractivity contribution < 1.29 is 31.9 Å². The molecule has 2 atom stereocenters. The van der Waals surface area contributed by atoms with E-state index in [1.54, 1.807) is 15.5 Å². The Morgan fingerprint density at radius 3 is 2.76 bits per heavy atom. The molecule has 0 radical (unpaired) electrons. The third-order valence-corrected chi connectivity index (χ3v) is 7.20. The van der Waals surface area contributed by atoms with Crippen LogP contribution in [0.3, 0.4) is 0 Å². The van der Waals surface area contributed by atoms with E-state index in [1.165, 1.54) is 6.07 Å². The zero-order valence-electron chi connectivity index (χ0n) is 17.6. The van der Waals surface area contributed by atoms with E-state index < -0.39 is 22.9 Å². The van der Waals surface area contributed by atoms with E-state index in [1.807, 2.05) is 25.2 Å². The average molecular weight is 460 g/mol. The second-order valence-electron chi connectivity index (χ2n) is 8.88. The predicted octanol–water partition coefficient (Wildman–Crippen LogP) is 3.52. The highest BCUT2D eigenvalue weighted by atomic mass is 19.4. The van der Waals surface area contributed by atoms with Crippen molar-refractivity contribution >= 4 is 5.91 Å². The number of halogens is 3. The Morgan fingerprint density at radius 2 is 2.00 bits per heavy atom. The summed E-state index contributed by atoms with van der Waals surface area (Å²) in [5.41, 5.74) is -0.905. The van der Waals surface area contributed by atoms with Gasteiger partial charge in [0.05, 0.1) is 12.1 Å². The zero-order chi connectivity index (χ0) is 23.2. The molecule has 33 heavy (non-hydrogen) atoms. The maximum Gasteiger partial charge on any atom is 0.449 e. The van der Waals surface area contributed by atoms with Gasteiger partial charge < -0.3 is 23.4 Å². The fourth-order valence-corrected chi connectivity index (χ4v) is 5.67. The molecule has 1 amide bonds. The van der Waals surface area contributed by atoms with Crippen LogP contribution in [0.1, 0.15) is 37.0 Å². The Balaban J connectivity index is 1.48. The second-order valence-corrected chi connectivity index (χ2v) is 8.88. The summed E-state index contributed by atoms with van der Waals surface area (Å²) in [4.78, 5) is 28.7. The van der Waals surface area contributed by atoms with Gasteiger partial charge in [-0.25, -0.2) is 0 Å². The molecule has 1 spiro atoms. The van der Waals surface area contributed by atoms with Crippen molar-refractivity contribution in [3.05, 3.63) is 69.6 Å². The minimum Gasteiger partial charge on any atom is -0.455 e. The lowest BCUT2D eigenvalue weighted by Gasteiger charge is -2.36. The summed E-state index contributed by atoms with van der Waals surface area (Å²) in [6, 6.07) is 3.81. The number of hydrogen-bond acceptors (Lipinski definition) is 5. The Labute approximate surface area is 185 Å². The third kappa shape index (κ3) is 2.51. The van der Waals surface area contributed by atoms with Gasteiger partial charge in [0.15, 0.2) is 5.75 Å².